The van der Waals surface area contributed by atoms with E-state index in [0.29, 0.717) is 10.2 Å². The Bertz CT molecular complexity index is 654. The minimum atomic E-state index is -0.322. The highest BCUT2D eigenvalue weighted by Crippen LogP contribution is 2.17. The van der Waals surface area contributed by atoms with Crippen molar-refractivity contribution in [2.24, 2.45) is 5.10 Å². The highest BCUT2D eigenvalue weighted by Gasteiger charge is 2.02. The Morgan fingerprint density at radius 2 is 2.26 bits per heavy atom. The molecule has 0 saturated heterocycles. The highest BCUT2D eigenvalue weighted by atomic mass is 79.9. The number of H-pyrrole nitrogens is 1. The van der Waals surface area contributed by atoms with Gasteiger partial charge in [-0.15, -0.1) is 0 Å². The van der Waals surface area contributed by atoms with Gasteiger partial charge in [-0.3, -0.25) is 10.2 Å². The molecule has 0 fully saturated rings. The zero-order chi connectivity index (χ0) is 13.7. The lowest BCUT2D eigenvalue weighted by molar-refractivity contribution is 0.414. The second kappa shape index (κ2) is 6.14. The van der Waals surface area contributed by atoms with Gasteiger partial charge in [0.2, 0.25) is 0 Å². The van der Waals surface area contributed by atoms with Crippen LogP contribution in [0.4, 0.5) is 5.69 Å². The van der Waals surface area contributed by atoms with Crippen LogP contribution < -0.4 is 15.7 Å². The molecule has 0 saturated carbocycles. The maximum absolute atomic E-state index is 11.3. The number of rotatable bonds is 4. The molecule has 98 valence electrons. The summed E-state index contributed by atoms with van der Waals surface area (Å²) < 4.78 is 5.54. The predicted octanol–water partition coefficient (Wildman–Crippen LogP) is 1.99. The van der Waals surface area contributed by atoms with Crippen LogP contribution in [0.25, 0.3) is 0 Å². The molecule has 2 aromatic rings. The zero-order valence-corrected chi connectivity index (χ0v) is 11.6. The lowest BCUT2D eigenvalue weighted by Crippen LogP contribution is -2.10. The van der Waals surface area contributed by atoms with E-state index in [1.54, 1.807) is 13.3 Å². The van der Waals surface area contributed by atoms with Gasteiger partial charge < -0.3 is 4.74 Å². The van der Waals surface area contributed by atoms with Gasteiger partial charge in [-0.2, -0.15) is 10.2 Å². The number of ether oxygens (including phenoxy) is 1. The number of nitrogens with zero attached hydrogens (tertiary/aromatic N) is 2. The molecule has 1 heterocycles. The van der Waals surface area contributed by atoms with Crippen LogP contribution in [0.5, 0.6) is 5.75 Å². The van der Waals surface area contributed by atoms with Gasteiger partial charge in [-0.05, 0) is 28.1 Å². The Morgan fingerprint density at radius 1 is 1.47 bits per heavy atom. The lowest BCUT2D eigenvalue weighted by Gasteiger charge is -2.04. The molecule has 2 rings (SSSR count). The quantitative estimate of drug-likeness (QED) is 0.666. The standard InChI is InChI=1S/C12H11BrN4O2/c1-19-10-5-3-2-4-8(10)6-14-16-9-7-15-17-12(18)11(9)13/h2-7H,1H3,(H2,16,17,18)/b14-6+. The lowest BCUT2D eigenvalue weighted by atomic mass is 10.2. The molecule has 0 amide bonds. The first-order valence-corrected chi connectivity index (χ1v) is 6.17. The second-order valence-electron chi connectivity index (χ2n) is 3.54. The van der Waals surface area contributed by atoms with E-state index >= 15 is 0 Å². The van der Waals surface area contributed by atoms with Gasteiger partial charge in [0.05, 0.1) is 25.2 Å². The number of hydrazone groups is 1. The fourth-order valence-electron chi connectivity index (χ4n) is 1.41. The minimum absolute atomic E-state index is 0.322. The maximum Gasteiger partial charge on any atom is 0.280 e. The SMILES string of the molecule is COc1ccccc1/C=N/Nc1cn[nH]c(=O)c1Br. The van der Waals surface area contributed by atoms with Crippen LogP contribution in [0.15, 0.2) is 44.8 Å². The van der Waals surface area contributed by atoms with E-state index in [-0.39, 0.29) is 5.56 Å². The number of para-hydroxylation sites is 1. The number of nitrogens with one attached hydrogen (secondary N) is 2. The molecule has 1 aromatic carbocycles. The first-order chi connectivity index (χ1) is 9.22. The van der Waals surface area contributed by atoms with Gasteiger partial charge in [-0.25, -0.2) is 5.10 Å². The molecule has 0 unspecified atom stereocenters. The van der Waals surface area contributed by atoms with E-state index in [9.17, 15) is 4.79 Å². The topological polar surface area (TPSA) is 79.4 Å². The number of aromatic nitrogens is 2. The number of hydrogen-bond acceptors (Lipinski definition) is 5. The van der Waals surface area contributed by atoms with E-state index in [4.69, 9.17) is 4.74 Å². The molecular formula is C12H11BrN4O2. The molecule has 0 aliphatic carbocycles. The van der Waals surface area contributed by atoms with Gasteiger partial charge in [0.15, 0.2) is 0 Å². The molecule has 0 radical (unpaired) electrons. The third-order valence-electron chi connectivity index (χ3n) is 2.32. The smallest absolute Gasteiger partial charge is 0.280 e. The normalized spacial score (nSPS) is 10.6. The highest BCUT2D eigenvalue weighted by molar-refractivity contribution is 9.10. The van der Waals surface area contributed by atoms with Crippen LogP contribution in [0.3, 0.4) is 0 Å². The summed E-state index contributed by atoms with van der Waals surface area (Å²) in [6, 6.07) is 7.47. The fraction of sp³-hybridized carbons (Fsp3) is 0.0833. The number of methoxy groups -OCH3 is 1. The summed E-state index contributed by atoms with van der Waals surface area (Å²) in [5, 5.41) is 10.0. The molecule has 19 heavy (non-hydrogen) atoms. The van der Waals surface area contributed by atoms with E-state index in [1.165, 1.54) is 6.20 Å². The van der Waals surface area contributed by atoms with Crippen LogP contribution in [0, 0.1) is 0 Å². The second-order valence-corrected chi connectivity index (χ2v) is 4.33. The molecule has 7 heteroatoms. The molecule has 0 spiro atoms. The Balaban J connectivity index is 2.16. The van der Waals surface area contributed by atoms with Gasteiger partial charge in [0.25, 0.3) is 5.56 Å². The van der Waals surface area contributed by atoms with E-state index in [0.717, 1.165) is 11.3 Å². The Morgan fingerprint density at radius 3 is 3.05 bits per heavy atom. The van der Waals surface area contributed by atoms with Crippen molar-refractivity contribution in [3.05, 3.63) is 50.9 Å². The van der Waals surface area contributed by atoms with E-state index in [2.05, 4.69) is 36.7 Å². The van der Waals surface area contributed by atoms with Crippen LogP contribution in [0.1, 0.15) is 5.56 Å². The molecular weight excluding hydrogens is 312 g/mol. The van der Waals surface area contributed by atoms with E-state index < -0.39 is 0 Å². The molecule has 0 aliphatic rings. The fourth-order valence-corrected chi connectivity index (χ4v) is 1.69. The number of aromatic amines is 1. The van der Waals surface area contributed by atoms with E-state index in [1.807, 2.05) is 24.3 Å². The van der Waals surface area contributed by atoms with Gasteiger partial charge in [0.1, 0.15) is 10.2 Å². The third kappa shape index (κ3) is 3.19. The largest absolute Gasteiger partial charge is 0.496 e. The molecule has 0 aliphatic heterocycles. The molecule has 0 bridgehead atoms. The Labute approximate surface area is 117 Å². The summed E-state index contributed by atoms with van der Waals surface area (Å²) in [6.07, 6.45) is 3.07. The average molecular weight is 323 g/mol. The van der Waals surface area contributed by atoms with Gasteiger partial charge in [-0.1, -0.05) is 12.1 Å². The molecule has 1 aromatic heterocycles. The maximum atomic E-state index is 11.3. The summed E-state index contributed by atoms with van der Waals surface area (Å²) in [6.45, 7) is 0. The third-order valence-corrected chi connectivity index (χ3v) is 3.11. The van der Waals surface area contributed by atoms with Crippen molar-refractivity contribution < 1.29 is 4.74 Å². The zero-order valence-electron chi connectivity index (χ0n) is 10.1. The summed E-state index contributed by atoms with van der Waals surface area (Å²) in [7, 11) is 1.59. The van der Waals surface area contributed by atoms with Crippen molar-refractivity contribution in [2.75, 3.05) is 12.5 Å². The minimum Gasteiger partial charge on any atom is -0.496 e. The molecule has 2 N–H and O–H groups in total. The summed E-state index contributed by atoms with van der Waals surface area (Å²) >= 11 is 3.15. The summed E-state index contributed by atoms with van der Waals surface area (Å²) in [4.78, 5) is 11.3. The van der Waals surface area contributed by atoms with Crippen molar-refractivity contribution in [3.63, 3.8) is 0 Å². The average Bonchev–Trinajstić information content (AvgIpc) is 2.44. The van der Waals surface area contributed by atoms with Crippen molar-refractivity contribution in [1.82, 2.24) is 10.2 Å². The van der Waals surface area contributed by atoms with Crippen LogP contribution in [0.2, 0.25) is 0 Å². The van der Waals surface area contributed by atoms with Crippen molar-refractivity contribution in [1.29, 1.82) is 0 Å². The van der Waals surface area contributed by atoms with Crippen LogP contribution >= 0.6 is 15.9 Å². The van der Waals surface area contributed by atoms with Gasteiger partial charge in [0, 0.05) is 5.56 Å². The Kier molecular flexibility index (Phi) is 4.30. The first-order valence-electron chi connectivity index (χ1n) is 5.37. The molecule has 0 atom stereocenters. The summed E-state index contributed by atoms with van der Waals surface area (Å²) in [5.74, 6) is 0.719. The molecule has 6 nitrogen and oxygen atoms in total. The van der Waals surface area contributed by atoms with Gasteiger partial charge >= 0.3 is 0 Å². The number of benzene rings is 1. The first kappa shape index (κ1) is 13.3. The van der Waals surface area contributed by atoms with Crippen LogP contribution in [-0.4, -0.2) is 23.5 Å². The van der Waals surface area contributed by atoms with Crippen molar-refractivity contribution >= 4 is 27.8 Å². The number of halogens is 1. The summed E-state index contributed by atoms with van der Waals surface area (Å²) in [5.41, 5.74) is 3.72. The van der Waals surface area contributed by atoms with Crippen LogP contribution in [-0.2, 0) is 0 Å². The Hall–Kier alpha value is -2.15. The van der Waals surface area contributed by atoms with Crippen molar-refractivity contribution in [3.8, 4) is 5.75 Å². The number of anilines is 1. The van der Waals surface area contributed by atoms with Crippen molar-refractivity contribution in [2.45, 2.75) is 0 Å². The number of hydrogen-bond donors (Lipinski definition) is 2. The monoisotopic (exact) mass is 322 g/mol. The predicted molar refractivity (Wildman–Crippen MR) is 76.8 cm³/mol.